The molecule has 0 heterocycles. The number of rotatable bonds is 8. The average Bonchev–Trinajstić information content (AvgIpc) is 2.14. The number of hydrogen-bond acceptors (Lipinski definition) is 4. The molecule has 0 saturated heterocycles. The first-order valence-corrected chi connectivity index (χ1v) is 5.84. The SMILES string of the molecule is COCCNS(=O)(=O)NCC(C)CO. The molecule has 1 unspecified atom stereocenters. The van der Waals surface area contributed by atoms with Crippen molar-refractivity contribution in [2.45, 2.75) is 6.92 Å². The molecule has 3 N–H and O–H groups in total. The van der Waals surface area contributed by atoms with Crippen LogP contribution in [0, 0.1) is 5.92 Å². The van der Waals surface area contributed by atoms with Crippen LogP contribution in [0.1, 0.15) is 6.92 Å². The third-order valence-corrected chi connectivity index (χ3v) is 2.66. The lowest BCUT2D eigenvalue weighted by atomic mass is 10.2. The first kappa shape index (κ1) is 13.8. The summed E-state index contributed by atoms with van der Waals surface area (Å²) >= 11 is 0. The minimum atomic E-state index is -3.45. The molecule has 0 amide bonds. The maximum Gasteiger partial charge on any atom is 0.276 e. The summed E-state index contributed by atoms with van der Waals surface area (Å²) in [5, 5.41) is 8.67. The Morgan fingerprint density at radius 2 is 2.07 bits per heavy atom. The number of methoxy groups -OCH3 is 1. The molecule has 0 aliphatic carbocycles. The maximum absolute atomic E-state index is 11.2. The van der Waals surface area contributed by atoms with E-state index in [0.29, 0.717) is 6.61 Å². The summed E-state index contributed by atoms with van der Waals surface area (Å²) < 4.78 is 31.6. The van der Waals surface area contributed by atoms with Crippen LogP contribution >= 0.6 is 0 Å². The standard InChI is InChI=1S/C7H18N2O4S/c1-7(6-10)5-9-14(11,12)8-3-4-13-2/h7-10H,3-6H2,1-2H3. The van der Waals surface area contributed by atoms with E-state index >= 15 is 0 Å². The molecule has 0 saturated carbocycles. The van der Waals surface area contributed by atoms with E-state index in [4.69, 9.17) is 5.11 Å². The summed E-state index contributed by atoms with van der Waals surface area (Å²) in [4.78, 5) is 0. The zero-order chi connectivity index (χ0) is 11.0. The zero-order valence-corrected chi connectivity index (χ0v) is 9.30. The van der Waals surface area contributed by atoms with Crippen LogP contribution in [0.3, 0.4) is 0 Å². The lowest BCUT2D eigenvalue weighted by molar-refractivity contribution is 0.204. The zero-order valence-electron chi connectivity index (χ0n) is 8.49. The number of nitrogens with one attached hydrogen (secondary N) is 2. The molecule has 0 aromatic heterocycles. The van der Waals surface area contributed by atoms with Gasteiger partial charge >= 0.3 is 0 Å². The van der Waals surface area contributed by atoms with Crippen molar-refractivity contribution in [1.29, 1.82) is 0 Å². The number of ether oxygens (including phenoxy) is 1. The van der Waals surface area contributed by atoms with E-state index in [2.05, 4.69) is 14.2 Å². The van der Waals surface area contributed by atoms with Crippen LogP contribution in [0.2, 0.25) is 0 Å². The molecule has 0 fully saturated rings. The van der Waals surface area contributed by atoms with Crippen molar-refractivity contribution in [3.8, 4) is 0 Å². The van der Waals surface area contributed by atoms with Crippen LogP contribution in [-0.4, -0.2) is 46.9 Å². The summed E-state index contributed by atoms with van der Waals surface area (Å²) in [5.74, 6) is -0.0889. The van der Waals surface area contributed by atoms with Crippen LogP contribution in [0.25, 0.3) is 0 Å². The molecule has 0 spiro atoms. The van der Waals surface area contributed by atoms with Gasteiger partial charge in [0.25, 0.3) is 10.2 Å². The predicted molar refractivity (Wildman–Crippen MR) is 53.1 cm³/mol. The van der Waals surface area contributed by atoms with E-state index in [-0.39, 0.29) is 25.6 Å². The highest BCUT2D eigenvalue weighted by Crippen LogP contribution is 1.89. The fourth-order valence-electron chi connectivity index (χ4n) is 0.646. The number of aliphatic hydroxyl groups excluding tert-OH is 1. The summed E-state index contributed by atoms with van der Waals surface area (Å²) in [7, 11) is -1.95. The molecule has 1 atom stereocenters. The van der Waals surface area contributed by atoms with E-state index in [1.807, 2.05) is 0 Å². The van der Waals surface area contributed by atoms with Crippen molar-refractivity contribution in [3.63, 3.8) is 0 Å². The predicted octanol–water partition coefficient (Wildman–Crippen LogP) is -1.31. The highest BCUT2D eigenvalue weighted by Gasteiger charge is 2.09. The van der Waals surface area contributed by atoms with Gasteiger partial charge in [0.05, 0.1) is 6.61 Å². The van der Waals surface area contributed by atoms with Gasteiger partial charge in [0.2, 0.25) is 0 Å². The summed E-state index contributed by atoms with van der Waals surface area (Å²) in [6.45, 7) is 2.49. The van der Waals surface area contributed by atoms with E-state index in [9.17, 15) is 8.42 Å². The van der Waals surface area contributed by atoms with Gasteiger partial charge in [-0.15, -0.1) is 0 Å². The summed E-state index contributed by atoms with van der Waals surface area (Å²) in [5.41, 5.74) is 0. The van der Waals surface area contributed by atoms with Gasteiger partial charge in [-0.05, 0) is 5.92 Å². The Morgan fingerprint density at radius 3 is 2.57 bits per heavy atom. The molecule has 0 radical (unpaired) electrons. The third kappa shape index (κ3) is 7.22. The molecule has 14 heavy (non-hydrogen) atoms. The minimum Gasteiger partial charge on any atom is -0.396 e. The van der Waals surface area contributed by atoms with E-state index in [0.717, 1.165) is 0 Å². The Hall–Kier alpha value is -0.210. The van der Waals surface area contributed by atoms with Crippen LogP contribution in [-0.2, 0) is 14.9 Å². The molecule has 6 nitrogen and oxygen atoms in total. The van der Waals surface area contributed by atoms with Crippen LogP contribution in [0.15, 0.2) is 0 Å². The second kappa shape index (κ2) is 7.13. The summed E-state index contributed by atoms with van der Waals surface area (Å²) in [6, 6.07) is 0. The highest BCUT2D eigenvalue weighted by molar-refractivity contribution is 7.87. The molecular formula is C7H18N2O4S. The molecule has 0 aromatic rings. The molecular weight excluding hydrogens is 208 g/mol. The van der Waals surface area contributed by atoms with Crippen molar-refractivity contribution < 1.29 is 18.3 Å². The van der Waals surface area contributed by atoms with Crippen LogP contribution in [0.5, 0.6) is 0 Å². The Kier molecular flexibility index (Phi) is 7.02. The molecule has 0 aliphatic rings. The minimum absolute atomic E-state index is 0.0411. The van der Waals surface area contributed by atoms with Gasteiger partial charge in [0.15, 0.2) is 0 Å². The van der Waals surface area contributed by atoms with Crippen molar-refractivity contribution in [1.82, 2.24) is 9.44 Å². The highest BCUT2D eigenvalue weighted by atomic mass is 32.2. The second-order valence-electron chi connectivity index (χ2n) is 3.03. The molecule has 0 aromatic carbocycles. The van der Waals surface area contributed by atoms with Crippen molar-refractivity contribution >= 4 is 10.2 Å². The van der Waals surface area contributed by atoms with E-state index < -0.39 is 10.2 Å². The average molecular weight is 226 g/mol. The molecule has 0 aliphatic heterocycles. The first-order chi connectivity index (χ1) is 6.52. The molecule has 7 heteroatoms. The largest absolute Gasteiger partial charge is 0.396 e. The van der Waals surface area contributed by atoms with Crippen molar-refractivity contribution in [2.24, 2.45) is 5.92 Å². The van der Waals surface area contributed by atoms with Gasteiger partial charge in [0.1, 0.15) is 0 Å². The lowest BCUT2D eigenvalue weighted by Crippen LogP contribution is -2.40. The normalized spacial score (nSPS) is 14.2. The van der Waals surface area contributed by atoms with Gasteiger partial charge in [-0.2, -0.15) is 13.1 Å². The number of hydrogen-bond donors (Lipinski definition) is 3. The monoisotopic (exact) mass is 226 g/mol. The second-order valence-corrected chi connectivity index (χ2v) is 4.61. The molecule has 0 rings (SSSR count). The fourth-order valence-corrected chi connectivity index (χ4v) is 1.60. The van der Waals surface area contributed by atoms with Gasteiger partial charge in [0, 0.05) is 26.8 Å². The fraction of sp³-hybridized carbons (Fsp3) is 1.00. The molecule has 0 bridgehead atoms. The quantitative estimate of drug-likeness (QED) is 0.448. The maximum atomic E-state index is 11.2. The van der Waals surface area contributed by atoms with Gasteiger partial charge in [-0.3, -0.25) is 0 Å². The number of aliphatic hydroxyl groups is 1. The van der Waals surface area contributed by atoms with E-state index in [1.54, 1.807) is 6.92 Å². The molecule has 86 valence electrons. The Morgan fingerprint density at radius 1 is 1.43 bits per heavy atom. The van der Waals surface area contributed by atoms with Gasteiger partial charge in [-0.25, -0.2) is 4.72 Å². The first-order valence-electron chi connectivity index (χ1n) is 4.36. The Balaban J connectivity index is 3.73. The van der Waals surface area contributed by atoms with Crippen LogP contribution in [0.4, 0.5) is 0 Å². The lowest BCUT2D eigenvalue weighted by Gasteiger charge is -2.10. The smallest absolute Gasteiger partial charge is 0.276 e. The van der Waals surface area contributed by atoms with Crippen LogP contribution < -0.4 is 9.44 Å². The van der Waals surface area contributed by atoms with Crippen molar-refractivity contribution in [3.05, 3.63) is 0 Å². The van der Waals surface area contributed by atoms with Gasteiger partial charge in [-0.1, -0.05) is 6.92 Å². The Labute approximate surface area is 84.8 Å². The van der Waals surface area contributed by atoms with Gasteiger partial charge < -0.3 is 9.84 Å². The topological polar surface area (TPSA) is 87.7 Å². The summed E-state index contributed by atoms with van der Waals surface area (Å²) in [6.07, 6.45) is 0. The van der Waals surface area contributed by atoms with Crippen molar-refractivity contribution in [2.75, 3.05) is 33.4 Å². The Bertz CT molecular complexity index is 230. The third-order valence-electron chi connectivity index (χ3n) is 1.53. The van der Waals surface area contributed by atoms with E-state index in [1.165, 1.54) is 7.11 Å².